The van der Waals surface area contributed by atoms with E-state index >= 15 is 0 Å². The minimum Gasteiger partial charge on any atom is -0.353 e. The van der Waals surface area contributed by atoms with Gasteiger partial charge in [0, 0.05) is 49.1 Å². The van der Waals surface area contributed by atoms with Crippen molar-refractivity contribution in [2.75, 3.05) is 31.1 Å². The van der Waals surface area contributed by atoms with E-state index in [0.717, 1.165) is 52.3 Å². The van der Waals surface area contributed by atoms with Gasteiger partial charge in [-0.2, -0.15) is 0 Å². The van der Waals surface area contributed by atoms with Gasteiger partial charge in [0.25, 0.3) is 5.91 Å². The normalized spacial score (nSPS) is 14.1. The van der Waals surface area contributed by atoms with Gasteiger partial charge in [0.2, 0.25) is 0 Å². The second kappa shape index (κ2) is 8.42. The van der Waals surface area contributed by atoms with Crippen molar-refractivity contribution < 1.29 is 4.79 Å². The lowest BCUT2D eigenvalue weighted by Crippen LogP contribution is -2.49. The molecule has 0 spiro atoms. The summed E-state index contributed by atoms with van der Waals surface area (Å²) >= 11 is 0. The number of carbonyl (C=O) groups is 1. The third kappa shape index (κ3) is 4.06. The van der Waals surface area contributed by atoms with Gasteiger partial charge < -0.3 is 9.80 Å². The van der Waals surface area contributed by atoms with Crippen molar-refractivity contribution in [1.82, 2.24) is 14.9 Å². The van der Waals surface area contributed by atoms with Crippen LogP contribution < -0.4 is 4.90 Å². The molecule has 5 nitrogen and oxygen atoms in total. The van der Waals surface area contributed by atoms with Crippen molar-refractivity contribution in [3.05, 3.63) is 89.6 Å². The average molecular weight is 423 g/mol. The predicted octanol–water partition coefficient (Wildman–Crippen LogP) is 4.88. The van der Waals surface area contributed by atoms with Crippen molar-refractivity contribution >= 4 is 22.5 Å². The molecule has 1 aromatic heterocycles. The predicted molar refractivity (Wildman–Crippen MR) is 129 cm³/mol. The largest absolute Gasteiger partial charge is 0.353 e. The summed E-state index contributed by atoms with van der Waals surface area (Å²) < 4.78 is 0. The van der Waals surface area contributed by atoms with E-state index in [4.69, 9.17) is 4.98 Å². The molecule has 5 rings (SSSR count). The first kappa shape index (κ1) is 20.2. The molecule has 1 fully saturated rings. The summed E-state index contributed by atoms with van der Waals surface area (Å²) in [5.74, 6) is 1.76. The molecular weight excluding hydrogens is 396 g/mol. The summed E-state index contributed by atoms with van der Waals surface area (Å²) in [6, 6.07) is 24.4. The summed E-state index contributed by atoms with van der Waals surface area (Å²) in [6.45, 7) is 6.94. The lowest BCUT2D eigenvalue weighted by atomic mass is 10.1. The van der Waals surface area contributed by atoms with Crippen LogP contribution in [0.1, 0.15) is 21.6 Å². The van der Waals surface area contributed by atoms with E-state index in [0.29, 0.717) is 13.1 Å². The summed E-state index contributed by atoms with van der Waals surface area (Å²) in [6.07, 6.45) is 0. The number of amides is 1. The Labute approximate surface area is 188 Å². The zero-order valence-corrected chi connectivity index (χ0v) is 18.5. The van der Waals surface area contributed by atoms with Crippen LogP contribution in [0.3, 0.4) is 0 Å². The lowest BCUT2D eigenvalue weighted by molar-refractivity contribution is 0.0746. The van der Waals surface area contributed by atoms with E-state index in [2.05, 4.69) is 35.0 Å². The topological polar surface area (TPSA) is 49.3 Å². The van der Waals surface area contributed by atoms with Gasteiger partial charge in [0.05, 0.1) is 0 Å². The van der Waals surface area contributed by atoms with Crippen LogP contribution in [0.4, 0.5) is 5.82 Å². The van der Waals surface area contributed by atoms with Crippen molar-refractivity contribution in [2.24, 2.45) is 0 Å². The molecule has 1 amide bonds. The number of nitrogens with zero attached hydrogens (tertiary/aromatic N) is 4. The van der Waals surface area contributed by atoms with Gasteiger partial charge in [-0.3, -0.25) is 4.79 Å². The smallest absolute Gasteiger partial charge is 0.253 e. The monoisotopic (exact) mass is 422 g/mol. The van der Waals surface area contributed by atoms with Gasteiger partial charge in [0.15, 0.2) is 5.82 Å². The Morgan fingerprint density at radius 1 is 0.781 bits per heavy atom. The molecule has 2 heterocycles. The molecule has 4 aromatic rings. The van der Waals surface area contributed by atoms with E-state index in [9.17, 15) is 4.79 Å². The number of aromatic nitrogens is 2. The standard InChI is InChI=1S/C27H26N4O/c1-19-6-5-9-23(16-19)26-28-20(2)17-25(29-26)30-12-14-31(15-13-30)27(32)24-11-10-21-7-3-4-8-22(21)18-24/h3-11,16-18H,12-15H2,1-2H3. The SMILES string of the molecule is Cc1cccc(-c2nc(C)cc(N3CCN(C(=O)c4ccc5ccccc5c4)CC3)n2)c1. The van der Waals surface area contributed by atoms with Crippen LogP contribution in [0, 0.1) is 13.8 Å². The molecule has 1 aliphatic rings. The lowest BCUT2D eigenvalue weighted by Gasteiger charge is -2.35. The Hall–Kier alpha value is -3.73. The summed E-state index contributed by atoms with van der Waals surface area (Å²) in [5.41, 5.74) is 3.91. The molecular formula is C27H26N4O. The maximum Gasteiger partial charge on any atom is 0.253 e. The second-order valence-electron chi connectivity index (χ2n) is 8.40. The Morgan fingerprint density at radius 2 is 1.56 bits per heavy atom. The molecule has 1 saturated heterocycles. The number of benzene rings is 3. The molecule has 0 aliphatic carbocycles. The first-order chi connectivity index (χ1) is 15.6. The maximum atomic E-state index is 13.1. The van der Waals surface area contributed by atoms with E-state index in [1.807, 2.05) is 66.4 Å². The van der Waals surface area contributed by atoms with Crippen LogP contribution in [-0.2, 0) is 0 Å². The molecule has 0 radical (unpaired) electrons. The van der Waals surface area contributed by atoms with Gasteiger partial charge in [-0.25, -0.2) is 9.97 Å². The highest BCUT2D eigenvalue weighted by molar-refractivity contribution is 5.98. The molecule has 160 valence electrons. The first-order valence-corrected chi connectivity index (χ1v) is 11.0. The Morgan fingerprint density at radius 3 is 2.34 bits per heavy atom. The number of piperazine rings is 1. The van der Waals surface area contributed by atoms with Gasteiger partial charge >= 0.3 is 0 Å². The zero-order chi connectivity index (χ0) is 22.1. The molecule has 0 N–H and O–H groups in total. The molecule has 0 unspecified atom stereocenters. The number of anilines is 1. The number of carbonyl (C=O) groups excluding carboxylic acids is 1. The third-order valence-electron chi connectivity index (χ3n) is 6.00. The second-order valence-corrected chi connectivity index (χ2v) is 8.40. The van der Waals surface area contributed by atoms with Crippen LogP contribution in [0.15, 0.2) is 72.8 Å². The molecule has 0 bridgehead atoms. The van der Waals surface area contributed by atoms with E-state index in [-0.39, 0.29) is 5.91 Å². The summed E-state index contributed by atoms with van der Waals surface area (Å²) in [4.78, 5) is 26.8. The fourth-order valence-electron chi connectivity index (χ4n) is 4.27. The fourth-order valence-corrected chi connectivity index (χ4v) is 4.27. The van der Waals surface area contributed by atoms with Crippen LogP contribution in [-0.4, -0.2) is 47.0 Å². The molecule has 0 saturated carbocycles. The van der Waals surface area contributed by atoms with Crippen LogP contribution in [0.25, 0.3) is 22.2 Å². The molecule has 32 heavy (non-hydrogen) atoms. The molecule has 5 heteroatoms. The number of hydrogen-bond donors (Lipinski definition) is 0. The van der Waals surface area contributed by atoms with Crippen LogP contribution in [0.5, 0.6) is 0 Å². The number of fused-ring (bicyclic) bond motifs is 1. The highest BCUT2D eigenvalue weighted by Gasteiger charge is 2.23. The average Bonchev–Trinajstić information content (AvgIpc) is 2.83. The highest BCUT2D eigenvalue weighted by Crippen LogP contribution is 2.23. The zero-order valence-electron chi connectivity index (χ0n) is 18.5. The van der Waals surface area contributed by atoms with Crippen LogP contribution >= 0.6 is 0 Å². The third-order valence-corrected chi connectivity index (χ3v) is 6.00. The number of rotatable bonds is 3. The van der Waals surface area contributed by atoms with Crippen molar-refractivity contribution in [3.8, 4) is 11.4 Å². The maximum absolute atomic E-state index is 13.1. The van der Waals surface area contributed by atoms with Gasteiger partial charge in [0.1, 0.15) is 5.82 Å². The van der Waals surface area contributed by atoms with E-state index in [1.165, 1.54) is 5.56 Å². The van der Waals surface area contributed by atoms with Crippen LogP contribution in [0.2, 0.25) is 0 Å². The van der Waals surface area contributed by atoms with E-state index in [1.54, 1.807) is 0 Å². The number of hydrogen-bond acceptors (Lipinski definition) is 4. The highest BCUT2D eigenvalue weighted by atomic mass is 16.2. The minimum absolute atomic E-state index is 0.0923. The van der Waals surface area contributed by atoms with Gasteiger partial charge in [-0.15, -0.1) is 0 Å². The summed E-state index contributed by atoms with van der Waals surface area (Å²) in [7, 11) is 0. The number of aryl methyl sites for hydroxylation is 2. The Balaban J connectivity index is 1.31. The van der Waals surface area contributed by atoms with Crippen molar-refractivity contribution in [1.29, 1.82) is 0 Å². The van der Waals surface area contributed by atoms with Gasteiger partial charge in [-0.05, 0) is 42.8 Å². The minimum atomic E-state index is 0.0923. The molecule has 1 aliphatic heterocycles. The molecule has 3 aromatic carbocycles. The van der Waals surface area contributed by atoms with Crippen molar-refractivity contribution in [3.63, 3.8) is 0 Å². The first-order valence-electron chi connectivity index (χ1n) is 11.0. The Kier molecular flexibility index (Phi) is 5.31. The molecule has 0 atom stereocenters. The quantitative estimate of drug-likeness (QED) is 0.472. The van der Waals surface area contributed by atoms with Gasteiger partial charge in [-0.1, -0.05) is 54.1 Å². The van der Waals surface area contributed by atoms with E-state index < -0.39 is 0 Å². The Bertz CT molecular complexity index is 1290. The summed E-state index contributed by atoms with van der Waals surface area (Å²) in [5, 5.41) is 2.24. The van der Waals surface area contributed by atoms with Crippen molar-refractivity contribution in [2.45, 2.75) is 13.8 Å². The fraction of sp³-hybridized carbons (Fsp3) is 0.222.